The molecule has 4 heteroatoms. The lowest BCUT2D eigenvalue weighted by atomic mass is 9.98. The van der Waals surface area contributed by atoms with Gasteiger partial charge in [0.05, 0.1) is 0 Å². The number of rotatable bonds is 5. The molecule has 1 aliphatic heterocycles. The highest BCUT2D eigenvalue weighted by atomic mass is 16.1. The standard InChI is InChI=1S/C25H27N3O/c1-19-6-8-20(9-7-19)24-5-3-2-4-22(24)18-27-14-16-28(17-15-27)23-12-10-21(11-13-23)25(26)29/h2-13H,14-18H2,1H3,(H2,26,29). The molecular weight excluding hydrogens is 358 g/mol. The van der Waals surface area contributed by atoms with Crippen molar-refractivity contribution in [1.29, 1.82) is 0 Å². The number of benzene rings is 3. The lowest BCUT2D eigenvalue weighted by molar-refractivity contribution is 0.100. The Labute approximate surface area is 172 Å². The van der Waals surface area contributed by atoms with Crippen LogP contribution in [0.4, 0.5) is 5.69 Å². The molecule has 0 radical (unpaired) electrons. The molecule has 1 fully saturated rings. The van der Waals surface area contributed by atoms with Gasteiger partial charge >= 0.3 is 0 Å². The summed E-state index contributed by atoms with van der Waals surface area (Å²) in [4.78, 5) is 16.1. The third-order valence-corrected chi connectivity index (χ3v) is 5.66. The molecule has 0 aromatic heterocycles. The molecule has 0 aliphatic carbocycles. The SMILES string of the molecule is Cc1ccc(-c2ccccc2CN2CCN(c3ccc(C(N)=O)cc3)CC2)cc1. The lowest BCUT2D eigenvalue weighted by Crippen LogP contribution is -2.46. The van der Waals surface area contributed by atoms with E-state index in [-0.39, 0.29) is 5.91 Å². The van der Waals surface area contributed by atoms with E-state index >= 15 is 0 Å². The molecule has 1 saturated heterocycles. The Kier molecular flexibility index (Phi) is 5.63. The number of nitrogens with two attached hydrogens (primary N) is 1. The topological polar surface area (TPSA) is 49.6 Å². The molecule has 0 unspecified atom stereocenters. The minimum atomic E-state index is -0.381. The summed E-state index contributed by atoms with van der Waals surface area (Å²) < 4.78 is 0. The summed E-state index contributed by atoms with van der Waals surface area (Å²) in [6.07, 6.45) is 0. The van der Waals surface area contributed by atoms with Crippen molar-refractivity contribution < 1.29 is 4.79 Å². The maximum Gasteiger partial charge on any atom is 0.248 e. The summed E-state index contributed by atoms with van der Waals surface area (Å²) in [5, 5.41) is 0. The summed E-state index contributed by atoms with van der Waals surface area (Å²) in [6.45, 7) is 7.06. The van der Waals surface area contributed by atoms with E-state index < -0.39 is 0 Å². The van der Waals surface area contributed by atoms with Crippen LogP contribution in [0.2, 0.25) is 0 Å². The predicted molar refractivity (Wildman–Crippen MR) is 119 cm³/mol. The van der Waals surface area contributed by atoms with Crippen molar-refractivity contribution in [3.05, 3.63) is 89.5 Å². The van der Waals surface area contributed by atoms with Gasteiger partial charge in [-0.2, -0.15) is 0 Å². The van der Waals surface area contributed by atoms with Crippen molar-refractivity contribution in [2.45, 2.75) is 13.5 Å². The molecule has 3 aromatic carbocycles. The second-order valence-corrected chi connectivity index (χ2v) is 7.70. The Bertz CT molecular complexity index is 972. The van der Waals surface area contributed by atoms with E-state index in [0.29, 0.717) is 5.56 Å². The van der Waals surface area contributed by atoms with Crippen LogP contribution in [0.1, 0.15) is 21.5 Å². The highest BCUT2D eigenvalue weighted by Crippen LogP contribution is 2.26. The molecule has 4 rings (SSSR count). The average Bonchev–Trinajstić information content (AvgIpc) is 2.75. The van der Waals surface area contributed by atoms with Crippen LogP contribution in [0.15, 0.2) is 72.8 Å². The Morgan fingerprint density at radius 1 is 0.862 bits per heavy atom. The van der Waals surface area contributed by atoms with Crippen LogP contribution >= 0.6 is 0 Å². The van der Waals surface area contributed by atoms with Crippen molar-refractivity contribution >= 4 is 11.6 Å². The largest absolute Gasteiger partial charge is 0.369 e. The number of hydrogen-bond donors (Lipinski definition) is 1. The van der Waals surface area contributed by atoms with Crippen LogP contribution in [0.3, 0.4) is 0 Å². The number of hydrogen-bond acceptors (Lipinski definition) is 3. The number of primary amides is 1. The van der Waals surface area contributed by atoms with Gasteiger partial charge in [0.2, 0.25) is 5.91 Å². The van der Waals surface area contributed by atoms with Crippen molar-refractivity contribution in [2.24, 2.45) is 5.73 Å². The first-order valence-electron chi connectivity index (χ1n) is 10.1. The summed E-state index contributed by atoms with van der Waals surface area (Å²) in [5.74, 6) is -0.381. The fraction of sp³-hybridized carbons (Fsp3) is 0.240. The Balaban J connectivity index is 1.41. The van der Waals surface area contributed by atoms with Crippen molar-refractivity contribution in [2.75, 3.05) is 31.1 Å². The van der Waals surface area contributed by atoms with Crippen LogP contribution in [0.5, 0.6) is 0 Å². The van der Waals surface area contributed by atoms with Crippen LogP contribution in [-0.4, -0.2) is 37.0 Å². The summed E-state index contributed by atoms with van der Waals surface area (Å²) in [5.41, 5.74) is 12.3. The van der Waals surface area contributed by atoms with Gasteiger partial charge in [-0.1, -0.05) is 54.1 Å². The molecule has 0 saturated carbocycles. The zero-order chi connectivity index (χ0) is 20.2. The number of piperazine rings is 1. The molecule has 0 bridgehead atoms. The normalized spacial score (nSPS) is 14.7. The minimum absolute atomic E-state index is 0.381. The van der Waals surface area contributed by atoms with Gasteiger partial charge in [-0.15, -0.1) is 0 Å². The monoisotopic (exact) mass is 385 g/mol. The van der Waals surface area contributed by atoms with Crippen LogP contribution in [0.25, 0.3) is 11.1 Å². The zero-order valence-corrected chi connectivity index (χ0v) is 16.8. The molecule has 1 aliphatic rings. The Morgan fingerprint density at radius 2 is 1.52 bits per heavy atom. The van der Waals surface area contributed by atoms with E-state index in [2.05, 4.69) is 65.3 Å². The third-order valence-electron chi connectivity index (χ3n) is 5.66. The average molecular weight is 386 g/mol. The number of amides is 1. The zero-order valence-electron chi connectivity index (χ0n) is 16.8. The molecule has 29 heavy (non-hydrogen) atoms. The van der Waals surface area contributed by atoms with Gasteiger partial charge in [-0.25, -0.2) is 0 Å². The van der Waals surface area contributed by atoms with Gasteiger partial charge in [-0.3, -0.25) is 9.69 Å². The molecule has 1 amide bonds. The first kappa shape index (κ1) is 19.2. The number of aryl methyl sites for hydroxylation is 1. The van der Waals surface area contributed by atoms with E-state index in [0.717, 1.165) is 38.4 Å². The van der Waals surface area contributed by atoms with Crippen LogP contribution < -0.4 is 10.6 Å². The van der Waals surface area contributed by atoms with E-state index in [1.54, 1.807) is 0 Å². The molecule has 1 heterocycles. The second kappa shape index (κ2) is 8.50. The van der Waals surface area contributed by atoms with E-state index in [4.69, 9.17) is 5.73 Å². The number of anilines is 1. The van der Waals surface area contributed by atoms with Crippen molar-refractivity contribution in [3.63, 3.8) is 0 Å². The number of carbonyl (C=O) groups excluding carboxylic acids is 1. The quantitative estimate of drug-likeness (QED) is 0.720. The maximum atomic E-state index is 11.3. The van der Waals surface area contributed by atoms with Gasteiger partial charge < -0.3 is 10.6 Å². The molecule has 3 aromatic rings. The van der Waals surface area contributed by atoms with Gasteiger partial charge in [-0.05, 0) is 47.9 Å². The third kappa shape index (κ3) is 4.49. The van der Waals surface area contributed by atoms with Gasteiger partial charge in [0.25, 0.3) is 0 Å². The number of nitrogens with zero attached hydrogens (tertiary/aromatic N) is 2. The van der Waals surface area contributed by atoms with Crippen molar-refractivity contribution in [3.8, 4) is 11.1 Å². The molecule has 2 N–H and O–H groups in total. The fourth-order valence-corrected chi connectivity index (χ4v) is 3.91. The second-order valence-electron chi connectivity index (χ2n) is 7.70. The van der Waals surface area contributed by atoms with E-state index in [1.807, 2.05) is 24.3 Å². The highest BCUT2D eigenvalue weighted by molar-refractivity contribution is 5.93. The molecule has 0 spiro atoms. The smallest absolute Gasteiger partial charge is 0.248 e. The molecule has 4 nitrogen and oxygen atoms in total. The fourth-order valence-electron chi connectivity index (χ4n) is 3.91. The Morgan fingerprint density at radius 3 is 2.17 bits per heavy atom. The van der Waals surface area contributed by atoms with Crippen LogP contribution in [0, 0.1) is 6.92 Å². The van der Waals surface area contributed by atoms with Gasteiger partial charge in [0.1, 0.15) is 0 Å². The first-order valence-corrected chi connectivity index (χ1v) is 10.1. The summed E-state index contributed by atoms with van der Waals surface area (Å²) in [6, 6.07) is 25.1. The lowest BCUT2D eigenvalue weighted by Gasteiger charge is -2.36. The van der Waals surface area contributed by atoms with E-state index in [1.165, 1.54) is 22.3 Å². The molecular formula is C25H27N3O. The first-order chi connectivity index (χ1) is 14.1. The summed E-state index contributed by atoms with van der Waals surface area (Å²) >= 11 is 0. The van der Waals surface area contributed by atoms with Crippen molar-refractivity contribution in [1.82, 2.24) is 4.90 Å². The van der Waals surface area contributed by atoms with Gasteiger partial charge in [0.15, 0.2) is 0 Å². The van der Waals surface area contributed by atoms with E-state index in [9.17, 15) is 4.79 Å². The highest BCUT2D eigenvalue weighted by Gasteiger charge is 2.18. The molecule has 148 valence electrons. The minimum Gasteiger partial charge on any atom is -0.369 e. The number of carbonyl (C=O) groups is 1. The van der Waals surface area contributed by atoms with Gasteiger partial charge in [0, 0.05) is 44.0 Å². The van der Waals surface area contributed by atoms with Crippen LogP contribution in [-0.2, 0) is 6.54 Å². The molecule has 0 atom stereocenters. The summed E-state index contributed by atoms with van der Waals surface area (Å²) in [7, 11) is 0. The Hall–Kier alpha value is -3.11. The predicted octanol–water partition coefficient (Wildman–Crippen LogP) is 4.08. The maximum absolute atomic E-state index is 11.3.